The third-order valence-electron chi connectivity index (χ3n) is 6.47. The largest absolute Gasteiger partial charge is 0.483 e. The van der Waals surface area contributed by atoms with E-state index in [0.29, 0.717) is 34.5 Å². The first-order chi connectivity index (χ1) is 17.6. The molecular weight excluding hydrogens is 489 g/mol. The van der Waals surface area contributed by atoms with Gasteiger partial charge in [-0.3, -0.25) is 9.78 Å². The molecule has 2 aliphatic heterocycles. The highest BCUT2D eigenvalue weighted by Crippen LogP contribution is 2.34. The van der Waals surface area contributed by atoms with Crippen LogP contribution >= 0.6 is 0 Å². The number of hydrogen-bond donors (Lipinski definition) is 2. The Kier molecular flexibility index (Phi) is 6.10. The lowest BCUT2D eigenvalue weighted by Crippen LogP contribution is -2.58. The molecule has 1 atom stereocenters. The fourth-order valence-corrected chi connectivity index (χ4v) is 4.66. The number of hydrazone groups is 1. The fraction of sp³-hybridized carbons (Fsp3) is 0.280. The molecule has 1 unspecified atom stereocenters. The Bertz CT molecular complexity index is 1410. The van der Waals surface area contributed by atoms with E-state index < -0.39 is 41.5 Å². The zero-order chi connectivity index (χ0) is 26.4. The normalized spacial score (nSPS) is 17.3. The van der Waals surface area contributed by atoms with Gasteiger partial charge in [0.15, 0.2) is 11.6 Å². The molecule has 4 heterocycles. The van der Waals surface area contributed by atoms with Gasteiger partial charge in [-0.15, -0.1) is 0 Å². The number of carbonyl (C=O) groups excluding carboxylic acids is 2. The molecule has 37 heavy (non-hydrogen) atoms. The van der Waals surface area contributed by atoms with Gasteiger partial charge in [0.1, 0.15) is 23.4 Å². The second-order valence-electron chi connectivity index (χ2n) is 9.01. The van der Waals surface area contributed by atoms with Crippen molar-refractivity contribution in [3.8, 4) is 17.0 Å². The zero-order valence-electron chi connectivity index (χ0n) is 20.0. The number of aromatic nitrogens is 2. The number of likely N-dealkylation sites (tertiary alicyclic amines) is 1. The molecule has 1 saturated heterocycles. The Hall–Kier alpha value is -4.35. The molecular formula is C25H23F3N6O3. The molecule has 0 spiro atoms. The standard InChI is InChI=1S/C25H23F3N6O3/c1-12-22(13(2)32-23(12)24(29)35)19-8-21(18(28)9-30-19)37-17-10-33(11-17)25(36)34-20(3-4-31-34)14-5-15(26)7-16(27)6-14/h4-9,17,20,32H,3,10-11H2,1-2H3,(H2,29,35). The van der Waals surface area contributed by atoms with Crippen molar-refractivity contribution in [1.82, 2.24) is 19.9 Å². The lowest BCUT2D eigenvalue weighted by molar-refractivity contribution is 0.0256. The fourth-order valence-electron chi connectivity index (χ4n) is 4.66. The predicted molar refractivity (Wildman–Crippen MR) is 127 cm³/mol. The SMILES string of the molecule is Cc1[nH]c(C(N)=O)c(C)c1-c1cc(OC2CN(C(=O)N3N=CCC3c3cc(F)cc(F)c3)C2)c(F)cn1. The highest BCUT2D eigenvalue weighted by atomic mass is 19.1. The van der Waals surface area contributed by atoms with Gasteiger partial charge >= 0.3 is 6.03 Å². The van der Waals surface area contributed by atoms with Crippen LogP contribution in [0.5, 0.6) is 5.75 Å². The number of pyridine rings is 1. The van der Waals surface area contributed by atoms with Crippen molar-refractivity contribution >= 4 is 18.2 Å². The third-order valence-corrected chi connectivity index (χ3v) is 6.47. The lowest BCUT2D eigenvalue weighted by atomic mass is 10.0. The van der Waals surface area contributed by atoms with E-state index in [-0.39, 0.29) is 24.5 Å². The first kappa shape index (κ1) is 24.3. The van der Waals surface area contributed by atoms with E-state index in [2.05, 4.69) is 15.1 Å². The first-order valence-electron chi connectivity index (χ1n) is 11.5. The van der Waals surface area contributed by atoms with Crippen molar-refractivity contribution in [2.24, 2.45) is 10.8 Å². The number of hydrogen-bond acceptors (Lipinski definition) is 5. The van der Waals surface area contributed by atoms with Gasteiger partial charge in [0, 0.05) is 36.0 Å². The number of rotatable bonds is 5. The van der Waals surface area contributed by atoms with Gasteiger partial charge in [0.05, 0.1) is 31.0 Å². The molecule has 0 bridgehead atoms. The number of aromatic amines is 1. The van der Waals surface area contributed by atoms with Crippen LogP contribution in [0.2, 0.25) is 0 Å². The Balaban J connectivity index is 1.27. The second kappa shape index (κ2) is 9.26. The number of ether oxygens (including phenoxy) is 1. The smallest absolute Gasteiger partial charge is 0.341 e. The van der Waals surface area contributed by atoms with Crippen LogP contribution in [-0.4, -0.2) is 57.2 Å². The van der Waals surface area contributed by atoms with Gasteiger partial charge in [-0.05, 0) is 37.1 Å². The predicted octanol–water partition coefficient (Wildman–Crippen LogP) is 3.83. The van der Waals surface area contributed by atoms with E-state index in [1.165, 1.54) is 34.3 Å². The van der Waals surface area contributed by atoms with Crippen LogP contribution in [-0.2, 0) is 0 Å². The van der Waals surface area contributed by atoms with Crippen molar-refractivity contribution in [2.75, 3.05) is 13.1 Å². The van der Waals surface area contributed by atoms with Crippen molar-refractivity contribution < 1.29 is 27.5 Å². The molecule has 2 aromatic heterocycles. The summed E-state index contributed by atoms with van der Waals surface area (Å²) in [5.41, 5.74) is 8.22. The van der Waals surface area contributed by atoms with Gasteiger partial charge in [-0.1, -0.05) is 0 Å². The third kappa shape index (κ3) is 4.50. The highest BCUT2D eigenvalue weighted by Gasteiger charge is 2.39. The van der Waals surface area contributed by atoms with Crippen LogP contribution in [0.3, 0.4) is 0 Å². The molecule has 0 radical (unpaired) electrons. The van der Waals surface area contributed by atoms with E-state index in [1.54, 1.807) is 13.8 Å². The summed E-state index contributed by atoms with van der Waals surface area (Å²) in [6.45, 7) is 3.80. The van der Waals surface area contributed by atoms with Crippen molar-refractivity contribution in [2.45, 2.75) is 32.4 Å². The summed E-state index contributed by atoms with van der Waals surface area (Å²) < 4.78 is 47.7. The van der Waals surface area contributed by atoms with E-state index in [1.807, 2.05) is 0 Å². The molecule has 12 heteroatoms. The Morgan fingerprint density at radius 3 is 2.46 bits per heavy atom. The summed E-state index contributed by atoms with van der Waals surface area (Å²) in [6, 6.07) is 3.48. The van der Waals surface area contributed by atoms with Crippen LogP contribution in [0, 0.1) is 31.3 Å². The van der Waals surface area contributed by atoms with Crippen LogP contribution in [0.1, 0.15) is 39.8 Å². The number of benzene rings is 1. The lowest BCUT2D eigenvalue weighted by Gasteiger charge is -2.41. The van der Waals surface area contributed by atoms with Gasteiger partial charge in [-0.25, -0.2) is 23.0 Å². The van der Waals surface area contributed by atoms with Gasteiger partial charge in [0.25, 0.3) is 5.91 Å². The molecule has 1 fully saturated rings. The molecule has 5 rings (SSSR count). The maximum absolute atomic E-state index is 14.5. The molecule has 2 aliphatic rings. The number of urea groups is 1. The Labute approximate surface area is 209 Å². The Morgan fingerprint density at radius 2 is 1.81 bits per heavy atom. The molecule has 0 saturated carbocycles. The van der Waals surface area contributed by atoms with Crippen LogP contribution in [0.25, 0.3) is 11.3 Å². The minimum Gasteiger partial charge on any atom is -0.483 e. The monoisotopic (exact) mass is 512 g/mol. The average Bonchev–Trinajstić information content (AvgIpc) is 3.41. The van der Waals surface area contributed by atoms with Gasteiger partial charge < -0.3 is 20.4 Å². The minimum atomic E-state index is -0.735. The molecule has 1 aromatic carbocycles. The van der Waals surface area contributed by atoms with Gasteiger partial charge in [-0.2, -0.15) is 5.10 Å². The van der Waals surface area contributed by atoms with Crippen molar-refractivity contribution in [3.05, 3.63) is 70.4 Å². The van der Waals surface area contributed by atoms with Crippen molar-refractivity contribution in [1.29, 1.82) is 0 Å². The molecule has 3 aromatic rings. The maximum Gasteiger partial charge on any atom is 0.341 e. The quantitative estimate of drug-likeness (QED) is 0.541. The molecule has 192 valence electrons. The maximum atomic E-state index is 14.5. The number of nitrogens with two attached hydrogens (primary N) is 1. The number of H-pyrrole nitrogens is 1. The minimum absolute atomic E-state index is 0.0463. The summed E-state index contributed by atoms with van der Waals surface area (Å²) in [7, 11) is 0. The van der Waals surface area contributed by atoms with E-state index >= 15 is 0 Å². The summed E-state index contributed by atoms with van der Waals surface area (Å²) in [5.74, 6) is -2.80. The zero-order valence-corrected chi connectivity index (χ0v) is 20.0. The van der Waals surface area contributed by atoms with Crippen LogP contribution in [0.15, 0.2) is 35.6 Å². The molecule has 9 nitrogen and oxygen atoms in total. The highest BCUT2D eigenvalue weighted by molar-refractivity contribution is 5.95. The number of nitrogens with one attached hydrogen (secondary N) is 1. The number of carbonyl (C=O) groups is 2. The first-order valence-corrected chi connectivity index (χ1v) is 11.5. The molecule has 3 N–H and O–H groups in total. The van der Waals surface area contributed by atoms with E-state index in [0.717, 1.165) is 12.3 Å². The van der Waals surface area contributed by atoms with Crippen LogP contribution in [0.4, 0.5) is 18.0 Å². The topological polar surface area (TPSA) is 117 Å². The van der Waals surface area contributed by atoms with E-state index in [4.69, 9.17) is 10.5 Å². The summed E-state index contributed by atoms with van der Waals surface area (Å²) in [4.78, 5) is 33.1. The van der Waals surface area contributed by atoms with Crippen molar-refractivity contribution in [3.63, 3.8) is 0 Å². The summed E-state index contributed by atoms with van der Waals surface area (Å²) in [5, 5.41) is 5.27. The van der Waals surface area contributed by atoms with Gasteiger partial charge in [0.2, 0.25) is 0 Å². The van der Waals surface area contributed by atoms with Crippen LogP contribution < -0.4 is 10.5 Å². The molecule has 3 amide bonds. The molecule has 0 aliphatic carbocycles. The number of primary amides is 1. The number of nitrogens with zero attached hydrogens (tertiary/aromatic N) is 4. The number of halogens is 3. The Morgan fingerprint density at radius 1 is 1.11 bits per heavy atom. The summed E-state index contributed by atoms with van der Waals surface area (Å²) in [6.07, 6.45) is 2.38. The van der Waals surface area contributed by atoms with E-state index in [9.17, 15) is 22.8 Å². The average molecular weight is 512 g/mol. The summed E-state index contributed by atoms with van der Waals surface area (Å²) >= 11 is 0. The second-order valence-corrected chi connectivity index (χ2v) is 9.01. The number of amides is 3. The number of aryl methyl sites for hydroxylation is 1.